The van der Waals surface area contributed by atoms with E-state index in [2.05, 4.69) is 15.5 Å². The first-order valence-electron chi connectivity index (χ1n) is 8.18. The molecule has 0 aliphatic heterocycles. The van der Waals surface area contributed by atoms with E-state index in [0.29, 0.717) is 5.82 Å². The fraction of sp³-hybridized carbons (Fsp3) is 0.167. The van der Waals surface area contributed by atoms with E-state index in [9.17, 15) is 20.0 Å². The first-order chi connectivity index (χ1) is 13.4. The average Bonchev–Trinajstić information content (AvgIpc) is 2.98. The lowest BCUT2D eigenvalue weighted by molar-refractivity contribution is -0.398. The molecule has 0 fully saturated rings. The highest BCUT2D eigenvalue weighted by Gasteiger charge is 2.13. The van der Waals surface area contributed by atoms with E-state index in [4.69, 9.17) is 4.74 Å². The van der Waals surface area contributed by atoms with Crippen molar-refractivity contribution in [3.8, 4) is 11.5 Å². The molecule has 3 aromatic rings. The number of nitrogens with one attached hydrogen (secondary N) is 1. The van der Waals surface area contributed by atoms with Gasteiger partial charge in [0.25, 0.3) is 11.6 Å². The molecule has 0 aliphatic carbocycles. The van der Waals surface area contributed by atoms with Gasteiger partial charge in [-0.1, -0.05) is 12.1 Å². The first-order valence-corrected chi connectivity index (χ1v) is 8.18. The van der Waals surface area contributed by atoms with Crippen molar-refractivity contribution in [2.24, 2.45) is 5.10 Å². The number of aryl methyl sites for hydroxylation is 1. The summed E-state index contributed by atoms with van der Waals surface area (Å²) in [4.78, 5) is 26.7. The number of ether oxygens (including phenoxy) is 1. The number of nitrogens with zero attached hydrogens (tertiary/aromatic N) is 4. The Kier molecular flexibility index (Phi) is 5.21. The van der Waals surface area contributed by atoms with Crippen molar-refractivity contribution < 1.29 is 19.6 Å². The Bertz CT molecular complexity index is 1090. The largest absolute Gasteiger partial charge is 0.865 e. The summed E-state index contributed by atoms with van der Waals surface area (Å²) >= 11 is 0. The van der Waals surface area contributed by atoms with Crippen LogP contribution in [0.4, 0.5) is 5.69 Å². The molecular formula is C18H16N5O5-. The van der Waals surface area contributed by atoms with Gasteiger partial charge in [-0.25, -0.2) is 10.4 Å². The summed E-state index contributed by atoms with van der Waals surface area (Å²) in [5.41, 5.74) is 3.58. The number of aromatic nitrogens is 2. The van der Waals surface area contributed by atoms with Gasteiger partial charge in [0.2, 0.25) is 0 Å². The van der Waals surface area contributed by atoms with Gasteiger partial charge in [0.1, 0.15) is 18.1 Å². The van der Waals surface area contributed by atoms with Crippen LogP contribution in [0.1, 0.15) is 11.4 Å². The third-order valence-corrected chi connectivity index (χ3v) is 4.02. The van der Waals surface area contributed by atoms with E-state index in [0.717, 1.165) is 17.1 Å². The molecule has 1 N–H and O–H groups in total. The molecular weight excluding hydrogens is 366 g/mol. The molecule has 0 saturated carbocycles. The second-order valence-corrected chi connectivity index (χ2v) is 5.86. The maximum Gasteiger partial charge on any atom is 0.266 e. The fourth-order valence-corrected chi connectivity index (χ4v) is 2.72. The number of fused-ring (bicyclic) bond motifs is 1. The molecule has 0 saturated heterocycles. The number of hydrogen-bond donors (Lipinski definition) is 1. The molecule has 1 aromatic heterocycles. The predicted octanol–water partition coefficient (Wildman–Crippen LogP) is 1.49. The van der Waals surface area contributed by atoms with Gasteiger partial charge in [0.15, 0.2) is 0 Å². The topological polar surface area (TPSA) is 135 Å². The number of rotatable bonds is 6. The van der Waals surface area contributed by atoms with Gasteiger partial charge in [-0.05, 0) is 25.1 Å². The number of methoxy groups -OCH3 is 1. The third-order valence-electron chi connectivity index (χ3n) is 4.02. The minimum Gasteiger partial charge on any atom is -0.865 e. The zero-order valence-corrected chi connectivity index (χ0v) is 15.1. The summed E-state index contributed by atoms with van der Waals surface area (Å²) in [6.07, 6.45) is 1.20. The Labute approximate surface area is 159 Å². The molecule has 0 unspecified atom stereocenters. The molecule has 0 spiro atoms. The molecule has 10 heteroatoms. The van der Waals surface area contributed by atoms with Crippen LogP contribution in [-0.4, -0.2) is 33.7 Å². The average molecular weight is 382 g/mol. The number of nitro groups is 1. The molecule has 1 amide bonds. The van der Waals surface area contributed by atoms with Crippen LogP contribution in [0.3, 0.4) is 0 Å². The number of carbonyl (C=O) groups is 1. The fourth-order valence-electron chi connectivity index (χ4n) is 2.72. The molecule has 0 aliphatic rings. The molecule has 10 nitrogen and oxygen atoms in total. The zero-order valence-electron chi connectivity index (χ0n) is 15.1. The van der Waals surface area contributed by atoms with Crippen LogP contribution in [0, 0.1) is 17.0 Å². The molecule has 0 radical (unpaired) electrons. The smallest absolute Gasteiger partial charge is 0.266 e. The quantitative estimate of drug-likeness (QED) is 0.390. The lowest BCUT2D eigenvalue weighted by Crippen LogP contribution is -2.23. The van der Waals surface area contributed by atoms with E-state index in [1.54, 1.807) is 11.5 Å². The Morgan fingerprint density at radius 2 is 2.14 bits per heavy atom. The highest BCUT2D eigenvalue weighted by Crippen LogP contribution is 2.33. The number of imidazole rings is 1. The standard InChI is InChI=1S/C18H17N5O5/c1-11-20-13-5-3-4-6-14(13)22(11)10-17(24)21-19-9-12-7-15(23(26)27)18(25)16(8-12)28-2/h3-9,25H,10H2,1-2H3,(H,21,24)/p-1/b19-9-. The van der Waals surface area contributed by atoms with E-state index < -0.39 is 22.3 Å². The molecule has 2 aromatic carbocycles. The van der Waals surface area contributed by atoms with E-state index in [-0.39, 0.29) is 17.9 Å². The highest BCUT2D eigenvalue weighted by atomic mass is 16.6. The number of carbonyl (C=O) groups excluding carboxylic acids is 1. The molecule has 28 heavy (non-hydrogen) atoms. The van der Waals surface area contributed by atoms with Crippen LogP contribution < -0.4 is 15.3 Å². The van der Waals surface area contributed by atoms with Gasteiger partial charge in [-0.15, -0.1) is 0 Å². The molecule has 144 valence electrons. The predicted molar refractivity (Wildman–Crippen MR) is 99.3 cm³/mol. The monoisotopic (exact) mass is 382 g/mol. The van der Waals surface area contributed by atoms with Gasteiger partial charge in [-0.2, -0.15) is 5.10 Å². The van der Waals surface area contributed by atoms with Crippen LogP contribution in [0.15, 0.2) is 41.5 Å². The van der Waals surface area contributed by atoms with Crippen molar-refractivity contribution in [1.29, 1.82) is 0 Å². The molecule has 1 heterocycles. The van der Waals surface area contributed by atoms with Gasteiger partial charge in [0, 0.05) is 17.4 Å². The summed E-state index contributed by atoms with van der Waals surface area (Å²) in [5, 5.41) is 26.6. The summed E-state index contributed by atoms with van der Waals surface area (Å²) in [7, 11) is 1.24. The van der Waals surface area contributed by atoms with Crippen LogP contribution in [0.2, 0.25) is 0 Å². The number of benzene rings is 2. The second-order valence-electron chi connectivity index (χ2n) is 5.86. The van der Waals surface area contributed by atoms with Crippen LogP contribution >= 0.6 is 0 Å². The van der Waals surface area contributed by atoms with Crippen molar-refractivity contribution in [1.82, 2.24) is 15.0 Å². The van der Waals surface area contributed by atoms with Crippen LogP contribution in [0.5, 0.6) is 11.5 Å². The minimum absolute atomic E-state index is 0.00660. The summed E-state index contributed by atoms with van der Waals surface area (Å²) in [5.74, 6) is -0.713. The Hall–Kier alpha value is -3.95. The zero-order chi connectivity index (χ0) is 20.3. The van der Waals surface area contributed by atoms with Crippen molar-refractivity contribution in [2.45, 2.75) is 13.5 Å². The Morgan fingerprint density at radius 1 is 1.39 bits per heavy atom. The highest BCUT2D eigenvalue weighted by molar-refractivity contribution is 5.85. The third kappa shape index (κ3) is 3.75. The van der Waals surface area contributed by atoms with Crippen molar-refractivity contribution >= 4 is 28.8 Å². The van der Waals surface area contributed by atoms with Gasteiger partial charge >= 0.3 is 0 Å². The SMILES string of the molecule is COc1cc(/C=N\NC(=O)Cn2c(C)nc3ccccc32)cc([N+](=O)[O-])c1[O-]. The lowest BCUT2D eigenvalue weighted by Gasteiger charge is -2.13. The summed E-state index contributed by atoms with van der Waals surface area (Å²) < 4.78 is 6.60. The van der Waals surface area contributed by atoms with Crippen LogP contribution in [0.25, 0.3) is 11.0 Å². The van der Waals surface area contributed by atoms with Crippen molar-refractivity contribution in [3.05, 3.63) is 57.9 Å². The van der Waals surface area contributed by atoms with Gasteiger partial charge in [-0.3, -0.25) is 14.9 Å². The van der Waals surface area contributed by atoms with Crippen molar-refractivity contribution in [3.63, 3.8) is 0 Å². The van der Waals surface area contributed by atoms with E-state index in [1.165, 1.54) is 19.4 Å². The summed E-state index contributed by atoms with van der Waals surface area (Å²) in [6, 6.07) is 9.81. The number of amides is 1. The molecule has 0 atom stereocenters. The number of nitro benzene ring substituents is 1. The maximum absolute atomic E-state index is 12.2. The number of hydrazone groups is 1. The Balaban J connectivity index is 1.74. The van der Waals surface area contributed by atoms with E-state index in [1.807, 2.05) is 24.3 Å². The van der Waals surface area contributed by atoms with Gasteiger partial charge < -0.3 is 14.4 Å². The maximum atomic E-state index is 12.2. The molecule has 3 rings (SSSR count). The Morgan fingerprint density at radius 3 is 2.86 bits per heavy atom. The van der Waals surface area contributed by atoms with Crippen LogP contribution in [-0.2, 0) is 11.3 Å². The number of para-hydroxylation sites is 2. The first kappa shape index (κ1) is 18.8. The van der Waals surface area contributed by atoms with Crippen molar-refractivity contribution in [2.75, 3.05) is 7.11 Å². The second kappa shape index (κ2) is 7.74. The van der Waals surface area contributed by atoms with Gasteiger partial charge in [0.05, 0.1) is 29.3 Å². The van der Waals surface area contributed by atoms with E-state index >= 15 is 0 Å². The normalized spacial score (nSPS) is 11.1. The summed E-state index contributed by atoms with van der Waals surface area (Å²) in [6.45, 7) is 1.80. The number of hydrogen-bond acceptors (Lipinski definition) is 7. The molecule has 0 bridgehead atoms. The minimum atomic E-state index is -0.823. The lowest BCUT2D eigenvalue weighted by atomic mass is 10.2.